The lowest BCUT2D eigenvalue weighted by Crippen LogP contribution is -2.38. The van der Waals surface area contributed by atoms with E-state index in [1.165, 1.54) is 51.4 Å². The maximum Gasteiger partial charge on any atom is 0.231 e. The molecule has 0 unspecified atom stereocenters. The number of nitrogens with zero attached hydrogens (tertiary/aromatic N) is 3. The van der Waals surface area contributed by atoms with Gasteiger partial charge in [0.2, 0.25) is 5.95 Å². The van der Waals surface area contributed by atoms with Gasteiger partial charge in [0.05, 0.1) is 0 Å². The Kier molecular flexibility index (Phi) is 6.45. The molecular weight excluding hydrogens is 330 g/mol. The Morgan fingerprint density at radius 1 is 1.12 bits per heavy atom. The van der Waals surface area contributed by atoms with Crippen LogP contribution in [0.25, 0.3) is 0 Å². The van der Waals surface area contributed by atoms with Crippen molar-refractivity contribution in [2.45, 2.75) is 71.3 Å². The van der Waals surface area contributed by atoms with E-state index in [0.29, 0.717) is 17.1 Å². The summed E-state index contributed by atoms with van der Waals surface area (Å²) in [6.07, 6.45) is 10.2. The summed E-state index contributed by atoms with van der Waals surface area (Å²) in [6, 6.07) is 2.56. The normalized spacial score (nSPS) is 22.3. The SMILES string of the molecule is Cc1cc(N2CCC[C@@H](C)C2)nc(NC(=S)NC2CCCCCC2)n1. The summed E-state index contributed by atoms with van der Waals surface area (Å²) in [6.45, 7) is 6.47. The maximum absolute atomic E-state index is 5.51. The molecule has 1 saturated heterocycles. The highest BCUT2D eigenvalue weighted by molar-refractivity contribution is 7.80. The van der Waals surface area contributed by atoms with E-state index in [9.17, 15) is 0 Å². The van der Waals surface area contributed by atoms with Gasteiger partial charge in [-0.25, -0.2) is 4.98 Å². The fourth-order valence-corrected chi connectivity index (χ4v) is 4.17. The van der Waals surface area contributed by atoms with E-state index in [1.807, 2.05) is 6.92 Å². The topological polar surface area (TPSA) is 53.1 Å². The summed E-state index contributed by atoms with van der Waals surface area (Å²) in [5.41, 5.74) is 0.975. The summed E-state index contributed by atoms with van der Waals surface area (Å²) < 4.78 is 0. The van der Waals surface area contributed by atoms with Crippen molar-refractivity contribution < 1.29 is 0 Å². The summed E-state index contributed by atoms with van der Waals surface area (Å²) in [7, 11) is 0. The molecule has 2 heterocycles. The van der Waals surface area contributed by atoms with Gasteiger partial charge in [-0.05, 0) is 50.7 Å². The van der Waals surface area contributed by atoms with Crippen molar-refractivity contribution in [1.82, 2.24) is 15.3 Å². The van der Waals surface area contributed by atoms with E-state index in [1.54, 1.807) is 0 Å². The second-order valence-corrected chi connectivity index (χ2v) is 8.08. The van der Waals surface area contributed by atoms with Crippen LogP contribution in [0.4, 0.5) is 11.8 Å². The van der Waals surface area contributed by atoms with Crippen molar-refractivity contribution in [3.63, 3.8) is 0 Å². The predicted octanol–water partition coefficient (Wildman–Crippen LogP) is 4.03. The Morgan fingerprint density at radius 3 is 2.60 bits per heavy atom. The minimum absolute atomic E-state index is 0.481. The molecule has 2 fully saturated rings. The first kappa shape index (κ1) is 18.4. The van der Waals surface area contributed by atoms with Gasteiger partial charge in [0.1, 0.15) is 5.82 Å². The van der Waals surface area contributed by atoms with E-state index in [4.69, 9.17) is 17.2 Å². The van der Waals surface area contributed by atoms with Crippen LogP contribution in [0.1, 0.15) is 64.0 Å². The lowest BCUT2D eigenvalue weighted by molar-refractivity contribution is 0.444. The van der Waals surface area contributed by atoms with Crippen LogP contribution in [-0.2, 0) is 0 Å². The number of nitrogens with one attached hydrogen (secondary N) is 2. The number of hydrogen-bond acceptors (Lipinski definition) is 4. The molecule has 1 aliphatic heterocycles. The van der Waals surface area contributed by atoms with E-state index in [0.717, 1.165) is 30.5 Å². The molecule has 3 rings (SSSR count). The molecule has 1 saturated carbocycles. The van der Waals surface area contributed by atoms with Gasteiger partial charge in [-0.1, -0.05) is 32.6 Å². The zero-order valence-electron chi connectivity index (χ0n) is 15.6. The van der Waals surface area contributed by atoms with Crippen LogP contribution in [0.15, 0.2) is 6.07 Å². The first-order valence-corrected chi connectivity index (χ1v) is 10.2. The summed E-state index contributed by atoms with van der Waals surface area (Å²) in [5, 5.41) is 7.32. The first-order chi connectivity index (χ1) is 12.1. The third-order valence-electron chi connectivity index (χ3n) is 5.24. The molecular formula is C19H31N5S. The zero-order chi connectivity index (χ0) is 17.6. The molecule has 0 radical (unpaired) electrons. The highest BCUT2D eigenvalue weighted by Gasteiger charge is 2.19. The van der Waals surface area contributed by atoms with Crippen LogP contribution in [0.3, 0.4) is 0 Å². The summed E-state index contributed by atoms with van der Waals surface area (Å²) in [4.78, 5) is 11.6. The molecule has 1 atom stereocenters. The average Bonchev–Trinajstić information content (AvgIpc) is 2.83. The van der Waals surface area contributed by atoms with Gasteiger partial charge in [-0.2, -0.15) is 4.98 Å². The predicted molar refractivity (Wildman–Crippen MR) is 108 cm³/mol. The molecule has 138 valence electrons. The Balaban J connectivity index is 1.62. The van der Waals surface area contributed by atoms with Gasteiger partial charge in [-0.3, -0.25) is 0 Å². The molecule has 6 heteroatoms. The highest BCUT2D eigenvalue weighted by Crippen LogP contribution is 2.23. The molecule has 2 N–H and O–H groups in total. The lowest BCUT2D eigenvalue weighted by Gasteiger charge is -2.32. The smallest absolute Gasteiger partial charge is 0.231 e. The van der Waals surface area contributed by atoms with Crippen molar-refractivity contribution in [2.75, 3.05) is 23.3 Å². The second kappa shape index (κ2) is 8.79. The molecule has 5 nitrogen and oxygen atoms in total. The van der Waals surface area contributed by atoms with Crippen molar-refractivity contribution in [1.29, 1.82) is 0 Å². The lowest BCUT2D eigenvalue weighted by atomic mass is 10.0. The van der Waals surface area contributed by atoms with Crippen LogP contribution in [0.5, 0.6) is 0 Å². The van der Waals surface area contributed by atoms with Crippen molar-refractivity contribution in [2.24, 2.45) is 5.92 Å². The van der Waals surface area contributed by atoms with Crippen LogP contribution in [-0.4, -0.2) is 34.2 Å². The van der Waals surface area contributed by atoms with Crippen molar-refractivity contribution >= 4 is 29.1 Å². The number of aromatic nitrogens is 2. The molecule has 25 heavy (non-hydrogen) atoms. The molecule has 0 aromatic carbocycles. The third-order valence-corrected chi connectivity index (χ3v) is 5.46. The first-order valence-electron chi connectivity index (χ1n) is 9.78. The van der Waals surface area contributed by atoms with Crippen LogP contribution >= 0.6 is 12.2 Å². The van der Waals surface area contributed by atoms with E-state index in [-0.39, 0.29) is 0 Å². The molecule has 1 aromatic heterocycles. The number of piperidine rings is 1. The van der Waals surface area contributed by atoms with E-state index in [2.05, 4.69) is 33.5 Å². The van der Waals surface area contributed by atoms with Crippen LogP contribution in [0.2, 0.25) is 0 Å². The largest absolute Gasteiger partial charge is 0.360 e. The number of hydrogen-bond donors (Lipinski definition) is 2. The third kappa shape index (κ3) is 5.53. The molecule has 1 aliphatic carbocycles. The zero-order valence-corrected chi connectivity index (χ0v) is 16.4. The van der Waals surface area contributed by atoms with Gasteiger partial charge >= 0.3 is 0 Å². The average molecular weight is 362 g/mol. The number of anilines is 2. The van der Waals surface area contributed by atoms with Gasteiger partial charge in [0.25, 0.3) is 0 Å². The summed E-state index contributed by atoms with van der Waals surface area (Å²) >= 11 is 5.51. The fourth-order valence-electron chi connectivity index (χ4n) is 3.91. The highest BCUT2D eigenvalue weighted by atomic mass is 32.1. The Labute approximate surface area is 157 Å². The minimum Gasteiger partial charge on any atom is -0.360 e. The van der Waals surface area contributed by atoms with E-state index >= 15 is 0 Å². The number of rotatable bonds is 3. The Morgan fingerprint density at radius 2 is 1.88 bits per heavy atom. The van der Waals surface area contributed by atoms with Crippen molar-refractivity contribution in [3.8, 4) is 0 Å². The summed E-state index contributed by atoms with van der Waals surface area (Å²) in [5.74, 6) is 2.34. The van der Waals surface area contributed by atoms with Gasteiger partial charge in [0.15, 0.2) is 5.11 Å². The van der Waals surface area contributed by atoms with Crippen molar-refractivity contribution in [3.05, 3.63) is 11.8 Å². The van der Waals surface area contributed by atoms with Gasteiger partial charge in [-0.15, -0.1) is 0 Å². The van der Waals surface area contributed by atoms with Crippen LogP contribution in [0, 0.1) is 12.8 Å². The quantitative estimate of drug-likeness (QED) is 0.626. The second-order valence-electron chi connectivity index (χ2n) is 7.67. The van der Waals surface area contributed by atoms with Gasteiger partial charge in [0, 0.05) is 30.9 Å². The molecule has 0 bridgehead atoms. The Hall–Kier alpha value is -1.43. The number of thiocarbonyl (C=S) groups is 1. The Bertz CT molecular complexity index is 583. The molecule has 2 aliphatic rings. The fraction of sp³-hybridized carbons (Fsp3) is 0.737. The maximum atomic E-state index is 5.51. The molecule has 0 amide bonds. The molecule has 1 aromatic rings. The number of aryl methyl sites for hydroxylation is 1. The molecule has 0 spiro atoms. The minimum atomic E-state index is 0.481. The standard InChI is InChI=1S/C19H31N5S/c1-14-8-7-11-24(13-14)17-12-15(2)20-18(22-17)23-19(25)21-16-9-5-3-4-6-10-16/h12,14,16H,3-11,13H2,1-2H3,(H2,20,21,22,23,25)/t14-/m1/s1. The van der Waals surface area contributed by atoms with E-state index < -0.39 is 0 Å². The van der Waals surface area contributed by atoms with Crippen LogP contribution < -0.4 is 15.5 Å². The monoisotopic (exact) mass is 361 g/mol. The van der Waals surface area contributed by atoms with Gasteiger partial charge < -0.3 is 15.5 Å².